The summed E-state index contributed by atoms with van der Waals surface area (Å²) in [6.07, 6.45) is 36.6. The molecular formula is C39H76O5. The molecule has 0 saturated heterocycles. The van der Waals surface area contributed by atoms with Crippen molar-refractivity contribution >= 4 is 11.9 Å². The summed E-state index contributed by atoms with van der Waals surface area (Å²) in [5.74, 6) is -0.837. The number of hydrogen-bond donors (Lipinski definition) is 1. The topological polar surface area (TPSA) is 72.8 Å². The molecule has 0 aliphatic rings. The van der Waals surface area contributed by atoms with E-state index in [0.29, 0.717) is 12.8 Å². The number of carbonyl (C=O) groups excluding carboxylic acids is 2. The Morgan fingerprint density at radius 2 is 0.818 bits per heavy atom. The molecule has 0 fully saturated rings. The highest BCUT2D eigenvalue weighted by molar-refractivity contribution is 5.74. The van der Waals surface area contributed by atoms with E-state index in [1.54, 1.807) is 6.92 Å². The monoisotopic (exact) mass is 625 g/mol. The molecule has 0 aliphatic carbocycles. The maximum Gasteiger partial charge on any atom is 0.335 e. The Morgan fingerprint density at radius 1 is 0.500 bits per heavy atom. The number of aliphatic hydroxyl groups excluding tert-OH is 1. The van der Waals surface area contributed by atoms with E-state index in [1.807, 2.05) is 0 Å². The zero-order valence-corrected chi connectivity index (χ0v) is 29.9. The molecule has 0 heterocycles. The molecule has 0 aliphatic heterocycles. The van der Waals surface area contributed by atoms with Crippen molar-refractivity contribution in [3.8, 4) is 0 Å². The molecular weight excluding hydrogens is 548 g/mol. The van der Waals surface area contributed by atoms with E-state index in [2.05, 4.69) is 13.8 Å². The summed E-state index contributed by atoms with van der Waals surface area (Å²) in [5.41, 5.74) is 0. The fourth-order valence-electron chi connectivity index (χ4n) is 5.90. The largest absolute Gasteiger partial charge is 0.460 e. The third kappa shape index (κ3) is 32.3. The molecule has 44 heavy (non-hydrogen) atoms. The minimum Gasteiger partial charge on any atom is -0.460 e. The van der Waals surface area contributed by atoms with Gasteiger partial charge in [0.25, 0.3) is 0 Å². The molecule has 0 aromatic rings. The van der Waals surface area contributed by atoms with Gasteiger partial charge >= 0.3 is 11.9 Å². The Balaban J connectivity index is 3.50. The van der Waals surface area contributed by atoms with Crippen LogP contribution >= 0.6 is 0 Å². The first-order chi connectivity index (χ1) is 21.5. The van der Waals surface area contributed by atoms with Crippen LogP contribution in [0, 0.1) is 0 Å². The molecule has 0 saturated carbocycles. The number of ether oxygens (including phenoxy) is 2. The van der Waals surface area contributed by atoms with Crippen molar-refractivity contribution in [3.05, 3.63) is 0 Å². The van der Waals surface area contributed by atoms with Crippen molar-refractivity contribution in [2.45, 2.75) is 232 Å². The predicted octanol–water partition coefficient (Wildman–Crippen LogP) is 12.0. The number of aliphatic hydroxyl groups is 1. The van der Waals surface area contributed by atoms with Crippen LogP contribution in [-0.4, -0.2) is 35.9 Å². The molecule has 0 aromatic heterocycles. The molecule has 0 aromatic carbocycles. The van der Waals surface area contributed by atoms with Crippen LogP contribution in [0.5, 0.6) is 0 Å². The van der Waals surface area contributed by atoms with E-state index in [-0.39, 0.29) is 12.6 Å². The van der Waals surface area contributed by atoms with Crippen LogP contribution in [0.1, 0.15) is 220 Å². The van der Waals surface area contributed by atoms with Gasteiger partial charge in [-0.2, -0.15) is 0 Å². The summed E-state index contributed by atoms with van der Waals surface area (Å²) in [6, 6.07) is 0. The number of carbonyl (C=O) groups is 2. The van der Waals surface area contributed by atoms with Crippen molar-refractivity contribution in [2.24, 2.45) is 0 Å². The Hall–Kier alpha value is -1.10. The molecule has 5 nitrogen and oxygen atoms in total. The summed E-state index contributed by atoms with van der Waals surface area (Å²) in [7, 11) is 0. The standard InChI is InChI=1S/C39H76O5/c1-4-6-8-10-12-14-16-18-20-22-24-26-28-30-32-34-38(41)44-36(3)35-43-39(42)37(40)33-31-29-27-25-23-21-19-17-15-13-11-9-7-5-2/h36-37,40H,4-35H2,1-3H3/t36?,37-/m0/s1. The fourth-order valence-corrected chi connectivity index (χ4v) is 5.90. The van der Waals surface area contributed by atoms with Gasteiger partial charge in [-0.25, -0.2) is 4.79 Å². The van der Waals surface area contributed by atoms with Crippen LogP contribution in [0.4, 0.5) is 0 Å². The van der Waals surface area contributed by atoms with Gasteiger partial charge in [-0.05, 0) is 19.8 Å². The lowest BCUT2D eigenvalue weighted by molar-refractivity contribution is -0.163. The van der Waals surface area contributed by atoms with Crippen LogP contribution in [0.2, 0.25) is 0 Å². The minimum atomic E-state index is -1.09. The first-order valence-corrected chi connectivity index (χ1v) is 19.5. The highest BCUT2D eigenvalue weighted by Gasteiger charge is 2.18. The van der Waals surface area contributed by atoms with Crippen LogP contribution < -0.4 is 0 Å². The quantitative estimate of drug-likeness (QED) is 0.0561. The molecule has 1 N–H and O–H groups in total. The van der Waals surface area contributed by atoms with Crippen LogP contribution in [0.25, 0.3) is 0 Å². The van der Waals surface area contributed by atoms with Gasteiger partial charge in [0.2, 0.25) is 0 Å². The molecule has 2 atom stereocenters. The normalized spacial score (nSPS) is 12.7. The first kappa shape index (κ1) is 42.9. The molecule has 0 spiro atoms. The van der Waals surface area contributed by atoms with E-state index < -0.39 is 18.2 Å². The first-order valence-electron chi connectivity index (χ1n) is 19.5. The molecule has 262 valence electrons. The van der Waals surface area contributed by atoms with Gasteiger partial charge < -0.3 is 14.6 Å². The lowest BCUT2D eigenvalue weighted by atomic mass is 10.0. The van der Waals surface area contributed by atoms with Crippen molar-refractivity contribution < 1.29 is 24.2 Å². The maximum absolute atomic E-state index is 12.1. The zero-order chi connectivity index (χ0) is 32.4. The second-order valence-corrected chi connectivity index (χ2v) is 13.5. The Labute approximate surface area is 274 Å². The van der Waals surface area contributed by atoms with Gasteiger partial charge in [-0.1, -0.05) is 194 Å². The third-order valence-electron chi connectivity index (χ3n) is 8.88. The van der Waals surface area contributed by atoms with E-state index in [0.717, 1.165) is 32.1 Å². The van der Waals surface area contributed by atoms with Gasteiger partial charge in [0.05, 0.1) is 0 Å². The van der Waals surface area contributed by atoms with Gasteiger partial charge in [0, 0.05) is 6.42 Å². The fraction of sp³-hybridized carbons (Fsp3) is 0.949. The van der Waals surface area contributed by atoms with E-state index in [4.69, 9.17) is 9.47 Å². The molecule has 5 heteroatoms. The average molecular weight is 625 g/mol. The lowest BCUT2D eigenvalue weighted by Crippen LogP contribution is -2.28. The van der Waals surface area contributed by atoms with Gasteiger partial charge in [-0.3, -0.25) is 4.79 Å². The van der Waals surface area contributed by atoms with Crippen molar-refractivity contribution in [1.82, 2.24) is 0 Å². The number of unbranched alkanes of at least 4 members (excludes halogenated alkanes) is 27. The predicted molar refractivity (Wildman–Crippen MR) is 187 cm³/mol. The van der Waals surface area contributed by atoms with Gasteiger partial charge in [0.1, 0.15) is 12.7 Å². The number of esters is 2. The summed E-state index contributed by atoms with van der Waals surface area (Å²) >= 11 is 0. The highest BCUT2D eigenvalue weighted by atomic mass is 16.6. The van der Waals surface area contributed by atoms with E-state index in [1.165, 1.54) is 154 Å². The maximum atomic E-state index is 12.1. The van der Waals surface area contributed by atoms with Gasteiger partial charge in [-0.15, -0.1) is 0 Å². The smallest absolute Gasteiger partial charge is 0.335 e. The molecule has 1 unspecified atom stereocenters. The molecule has 0 radical (unpaired) electrons. The van der Waals surface area contributed by atoms with Crippen molar-refractivity contribution in [2.75, 3.05) is 6.61 Å². The van der Waals surface area contributed by atoms with Crippen LogP contribution in [-0.2, 0) is 19.1 Å². The molecule has 0 amide bonds. The summed E-state index contributed by atoms with van der Waals surface area (Å²) in [6.45, 7) is 6.27. The minimum absolute atomic E-state index is 0.000763. The summed E-state index contributed by atoms with van der Waals surface area (Å²) in [5, 5.41) is 10.1. The number of rotatable bonds is 35. The zero-order valence-electron chi connectivity index (χ0n) is 29.9. The second kappa shape index (κ2) is 34.8. The molecule has 0 bridgehead atoms. The second-order valence-electron chi connectivity index (χ2n) is 13.5. The van der Waals surface area contributed by atoms with Crippen LogP contribution in [0.15, 0.2) is 0 Å². The van der Waals surface area contributed by atoms with E-state index >= 15 is 0 Å². The van der Waals surface area contributed by atoms with Crippen molar-refractivity contribution in [3.63, 3.8) is 0 Å². The Morgan fingerprint density at radius 3 is 1.18 bits per heavy atom. The molecule has 0 rings (SSSR count). The highest BCUT2D eigenvalue weighted by Crippen LogP contribution is 2.16. The average Bonchev–Trinajstić information content (AvgIpc) is 3.01. The lowest BCUT2D eigenvalue weighted by Gasteiger charge is -2.15. The SMILES string of the molecule is CCCCCCCCCCCCCCCCCC(=O)OC(C)COC(=O)[C@@H](O)CCCCCCCCCCCCCCCC. The van der Waals surface area contributed by atoms with Gasteiger partial charge in [0.15, 0.2) is 6.10 Å². The van der Waals surface area contributed by atoms with E-state index in [9.17, 15) is 14.7 Å². The van der Waals surface area contributed by atoms with Crippen LogP contribution in [0.3, 0.4) is 0 Å². The third-order valence-corrected chi connectivity index (χ3v) is 8.88. The number of hydrogen-bond acceptors (Lipinski definition) is 5. The Bertz CT molecular complexity index is 607. The Kier molecular flexibility index (Phi) is 33.9. The van der Waals surface area contributed by atoms with Crippen molar-refractivity contribution in [1.29, 1.82) is 0 Å². The summed E-state index contributed by atoms with van der Waals surface area (Å²) in [4.78, 5) is 24.2. The summed E-state index contributed by atoms with van der Waals surface area (Å²) < 4.78 is 10.6.